The van der Waals surface area contributed by atoms with Gasteiger partial charge in [0.15, 0.2) is 0 Å². The van der Waals surface area contributed by atoms with E-state index in [4.69, 9.17) is 16.3 Å². The van der Waals surface area contributed by atoms with Crippen molar-refractivity contribution in [1.82, 2.24) is 9.62 Å². The number of aryl methyl sites for hydroxylation is 1. The van der Waals surface area contributed by atoms with Crippen LogP contribution in [-0.2, 0) is 26.7 Å². The Morgan fingerprint density at radius 1 is 1.10 bits per heavy atom. The third-order valence-electron chi connectivity index (χ3n) is 11.7. The van der Waals surface area contributed by atoms with Gasteiger partial charge >= 0.3 is 0 Å². The van der Waals surface area contributed by atoms with Crippen LogP contribution >= 0.6 is 11.6 Å². The van der Waals surface area contributed by atoms with Gasteiger partial charge in [-0.3, -0.25) is 9.59 Å². The second-order valence-corrected chi connectivity index (χ2v) is 17.5. The molecule has 0 aromatic heterocycles. The number of likely N-dealkylation sites (tertiary alicyclic amines) is 1. The predicted molar refractivity (Wildman–Crippen MR) is 186 cm³/mol. The third kappa shape index (κ3) is 6.48. The molecule has 1 saturated heterocycles. The molecule has 2 fully saturated rings. The molecule has 258 valence electrons. The summed E-state index contributed by atoms with van der Waals surface area (Å²) in [5, 5.41) is 9.62. The molecule has 2 aromatic carbocycles. The molecule has 2 N–H and O–H groups in total. The van der Waals surface area contributed by atoms with E-state index in [-0.39, 0.29) is 35.1 Å². The average molecular weight is 696 g/mol. The van der Waals surface area contributed by atoms with Crippen LogP contribution < -0.4 is 14.4 Å². The minimum absolute atomic E-state index is 0.0274. The van der Waals surface area contributed by atoms with Crippen molar-refractivity contribution in [1.29, 1.82) is 0 Å². The molecule has 2 aliphatic carbocycles. The Morgan fingerprint density at radius 2 is 1.92 bits per heavy atom. The monoisotopic (exact) mass is 695 g/mol. The van der Waals surface area contributed by atoms with Gasteiger partial charge in [0.25, 0.3) is 5.91 Å². The second-order valence-electron chi connectivity index (χ2n) is 15.0. The third-order valence-corrected chi connectivity index (χ3v) is 13.9. The topological polar surface area (TPSA) is 116 Å². The number of hydrogen-bond acceptors (Lipinski definition) is 7. The number of benzene rings is 2. The molecule has 6 atom stereocenters. The highest BCUT2D eigenvalue weighted by atomic mass is 35.5. The molecular formula is C37H46ClN3O6S. The number of aliphatic hydroxyl groups is 1. The van der Waals surface area contributed by atoms with Crippen molar-refractivity contribution in [2.24, 2.45) is 23.7 Å². The van der Waals surface area contributed by atoms with E-state index in [1.807, 2.05) is 13.0 Å². The van der Waals surface area contributed by atoms with Gasteiger partial charge in [0.05, 0.1) is 23.6 Å². The van der Waals surface area contributed by atoms with Crippen LogP contribution in [0.25, 0.3) is 0 Å². The molecule has 2 aromatic rings. The van der Waals surface area contributed by atoms with E-state index in [2.05, 4.69) is 33.9 Å². The number of nitrogens with one attached hydrogen (secondary N) is 1. The molecule has 3 heterocycles. The summed E-state index contributed by atoms with van der Waals surface area (Å²) in [7, 11) is -4.02. The molecule has 5 aliphatic rings. The predicted octanol–water partition coefficient (Wildman–Crippen LogP) is 5.09. The highest BCUT2D eigenvalue weighted by molar-refractivity contribution is 7.90. The van der Waals surface area contributed by atoms with Crippen molar-refractivity contribution in [3.8, 4) is 5.75 Å². The van der Waals surface area contributed by atoms with Crippen LogP contribution in [0.3, 0.4) is 0 Å². The summed E-state index contributed by atoms with van der Waals surface area (Å²) in [6.07, 6.45) is 9.73. The van der Waals surface area contributed by atoms with Crippen LogP contribution in [0, 0.1) is 23.7 Å². The second kappa shape index (κ2) is 13.0. The standard InChI is InChI=1S/C37H46ClN3O6S/c1-23-14-25(15-35(43)40-19-31(42)20-40)5-6-26-7-8-29(26)18-41-21-37(13-3-4-27-16-30(38)10-11-32(27)37)22-47-34-12-9-28(17-33(34)41)36(44)39-48(45,46)24(23)2/h5-6,9-12,16-17,23-26,29,31,42H,3-4,7-8,13-15,18-22H2,1-2H3,(H,39,44)/b6-5-/t23-,24+,25+,26+,29-,37-/m0/s1. The lowest BCUT2D eigenvalue weighted by atomic mass is 9.69. The Balaban J connectivity index is 1.24. The largest absolute Gasteiger partial charge is 0.490 e. The Labute approximate surface area is 288 Å². The summed E-state index contributed by atoms with van der Waals surface area (Å²) in [6.45, 7) is 6.15. The fraction of sp³-hybridized carbons (Fsp3) is 0.568. The molecule has 7 rings (SSSR count). The number of β-amino-alcohol motifs (C(OH)–C–C–N with tert-alkyl or cyclic N) is 1. The van der Waals surface area contributed by atoms with Gasteiger partial charge in [0, 0.05) is 48.6 Å². The molecule has 48 heavy (non-hydrogen) atoms. The van der Waals surface area contributed by atoms with E-state index in [1.165, 1.54) is 11.1 Å². The maximum Gasteiger partial charge on any atom is 0.264 e. The van der Waals surface area contributed by atoms with Crippen LogP contribution in [0.5, 0.6) is 5.75 Å². The number of anilines is 1. The first-order chi connectivity index (χ1) is 22.9. The van der Waals surface area contributed by atoms with Gasteiger partial charge in [-0.1, -0.05) is 36.7 Å². The van der Waals surface area contributed by atoms with Gasteiger partial charge in [0.2, 0.25) is 15.9 Å². The van der Waals surface area contributed by atoms with Gasteiger partial charge < -0.3 is 19.6 Å². The van der Waals surface area contributed by atoms with E-state index < -0.39 is 27.3 Å². The minimum atomic E-state index is -4.02. The van der Waals surface area contributed by atoms with Crippen molar-refractivity contribution in [3.63, 3.8) is 0 Å². The maximum absolute atomic E-state index is 13.6. The van der Waals surface area contributed by atoms with Crippen molar-refractivity contribution < 1.29 is 27.9 Å². The van der Waals surface area contributed by atoms with Crippen LogP contribution in [0.4, 0.5) is 5.69 Å². The molecule has 11 heteroatoms. The molecular weight excluding hydrogens is 650 g/mol. The van der Waals surface area contributed by atoms with Crippen molar-refractivity contribution in [3.05, 3.63) is 70.3 Å². The van der Waals surface area contributed by atoms with E-state index in [0.717, 1.165) is 49.4 Å². The zero-order valence-electron chi connectivity index (χ0n) is 27.7. The van der Waals surface area contributed by atoms with Crippen LogP contribution in [-0.4, -0.2) is 74.4 Å². The molecule has 2 bridgehead atoms. The summed E-state index contributed by atoms with van der Waals surface area (Å²) in [6, 6.07) is 11.4. The van der Waals surface area contributed by atoms with Crippen LogP contribution in [0.2, 0.25) is 5.02 Å². The molecule has 2 amide bonds. The van der Waals surface area contributed by atoms with Crippen molar-refractivity contribution in [2.75, 3.05) is 37.7 Å². The van der Waals surface area contributed by atoms with E-state index in [1.54, 1.807) is 30.0 Å². The summed E-state index contributed by atoms with van der Waals surface area (Å²) < 4.78 is 36.0. The smallest absolute Gasteiger partial charge is 0.264 e. The first kappa shape index (κ1) is 33.4. The van der Waals surface area contributed by atoms with Gasteiger partial charge in [-0.15, -0.1) is 0 Å². The number of fused-ring (bicyclic) bond motifs is 4. The lowest BCUT2D eigenvalue weighted by molar-refractivity contribution is -0.142. The van der Waals surface area contributed by atoms with Gasteiger partial charge in [-0.25, -0.2) is 13.1 Å². The maximum atomic E-state index is 13.6. The molecule has 0 unspecified atom stereocenters. The van der Waals surface area contributed by atoms with Crippen molar-refractivity contribution in [2.45, 2.75) is 75.6 Å². The lowest BCUT2D eigenvalue weighted by Gasteiger charge is -2.44. The minimum Gasteiger partial charge on any atom is -0.490 e. The molecule has 0 radical (unpaired) electrons. The molecule has 1 spiro atoms. The van der Waals surface area contributed by atoms with Crippen LogP contribution in [0.15, 0.2) is 48.6 Å². The lowest BCUT2D eigenvalue weighted by Crippen LogP contribution is -2.53. The SMILES string of the molecule is C[C@@H]1[C@@H](C)C[C@H](CC(=O)N2CC(O)C2)/C=C\[C@@H]2CC[C@H]2CN2C[C@@]3(CCCc4cc(Cl)ccc43)COc3ccc(cc32)C(=O)NS1(=O)=O. The molecule has 3 aliphatic heterocycles. The van der Waals surface area contributed by atoms with Gasteiger partial charge in [0.1, 0.15) is 5.75 Å². The number of hydrogen-bond donors (Lipinski definition) is 2. The summed E-state index contributed by atoms with van der Waals surface area (Å²) in [5.74, 6) is 0.228. The van der Waals surface area contributed by atoms with E-state index in [9.17, 15) is 23.1 Å². The first-order valence-electron chi connectivity index (χ1n) is 17.4. The van der Waals surface area contributed by atoms with E-state index in [0.29, 0.717) is 50.2 Å². The summed E-state index contributed by atoms with van der Waals surface area (Å²) >= 11 is 6.42. The van der Waals surface area contributed by atoms with Gasteiger partial charge in [-0.2, -0.15) is 0 Å². The summed E-state index contributed by atoms with van der Waals surface area (Å²) in [5.41, 5.74) is 3.33. The molecule has 9 nitrogen and oxygen atoms in total. The number of ether oxygens (including phenoxy) is 1. The first-order valence-corrected chi connectivity index (χ1v) is 19.3. The average Bonchev–Trinajstić information content (AvgIpc) is 3.17. The fourth-order valence-corrected chi connectivity index (χ4v) is 9.89. The molecule has 1 saturated carbocycles. The Bertz CT molecular complexity index is 1730. The Kier molecular flexibility index (Phi) is 9.04. The number of rotatable bonds is 2. The summed E-state index contributed by atoms with van der Waals surface area (Å²) in [4.78, 5) is 30.7. The van der Waals surface area contributed by atoms with Crippen LogP contribution in [0.1, 0.15) is 73.9 Å². The number of amides is 2. The zero-order chi connectivity index (χ0) is 33.8. The van der Waals surface area contributed by atoms with E-state index >= 15 is 0 Å². The zero-order valence-corrected chi connectivity index (χ0v) is 29.3. The highest BCUT2D eigenvalue weighted by Gasteiger charge is 2.43. The number of carbonyl (C=O) groups is 2. The number of sulfonamides is 1. The number of halogens is 1. The fourth-order valence-electron chi connectivity index (χ4n) is 8.41. The normalized spacial score (nSPS) is 32.4. The Hall–Kier alpha value is -3.08. The number of carbonyl (C=O) groups excluding carboxylic acids is 2. The number of aliphatic hydroxyl groups excluding tert-OH is 1. The highest BCUT2D eigenvalue weighted by Crippen LogP contribution is 2.46. The van der Waals surface area contributed by atoms with Gasteiger partial charge in [-0.05, 0) is 111 Å². The Morgan fingerprint density at radius 3 is 2.67 bits per heavy atom. The number of nitrogens with zero attached hydrogens (tertiary/aromatic N) is 2. The quantitative estimate of drug-likeness (QED) is 0.421. The van der Waals surface area contributed by atoms with Crippen molar-refractivity contribution >= 4 is 39.1 Å². The number of allylic oxidation sites excluding steroid dienone is 2.